The molecule has 192 valence electrons. The lowest BCUT2D eigenvalue weighted by Crippen LogP contribution is -2.42. The van der Waals surface area contributed by atoms with Crippen molar-refractivity contribution in [2.45, 2.75) is 51.9 Å². The van der Waals surface area contributed by atoms with Crippen LogP contribution >= 0.6 is 13.5 Å². The zero-order valence-electron chi connectivity index (χ0n) is 20.3. The van der Waals surface area contributed by atoms with E-state index >= 15 is 0 Å². The molecule has 1 atom stereocenters. The summed E-state index contributed by atoms with van der Waals surface area (Å²) in [5.74, 6) is -0.793. The maximum absolute atomic E-state index is 13.5. The number of fused-ring (bicyclic) bond motifs is 1. The van der Waals surface area contributed by atoms with Crippen molar-refractivity contribution < 1.29 is 27.5 Å². The highest BCUT2D eigenvalue weighted by atomic mass is 32.1. The summed E-state index contributed by atoms with van der Waals surface area (Å²) in [7, 11) is 0. The molecule has 4 rings (SSSR count). The number of esters is 1. The van der Waals surface area contributed by atoms with E-state index in [1.165, 1.54) is 17.0 Å². The lowest BCUT2D eigenvalue weighted by Gasteiger charge is -2.32. The van der Waals surface area contributed by atoms with Crippen molar-refractivity contribution in [3.8, 4) is 11.1 Å². The van der Waals surface area contributed by atoms with Crippen LogP contribution in [0.2, 0.25) is 0 Å². The second-order valence-corrected chi connectivity index (χ2v) is 9.46. The number of benzene rings is 1. The van der Waals surface area contributed by atoms with E-state index in [0.717, 1.165) is 12.1 Å². The summed E-state index contributed by atoms with van der Waals surface area (Å²) in [5, 5.41) is 4.39. The highest BCUT2D eigenvalue weighted by Gasteiger charge is 2.35. The van der Waals surface area contributed by atoms with E-state index in [0.29, 0.717) is 28.2 Å². The lowest BCUT2D eigenvalue weighted by atomic mass is 10.0. The molecule has 1 aromatic carbocycles. The molecule has 0 N–H and O–H groups in total. The Balaban J connectivity index is 0.00000361. The molecule has 7 nitrogen and oxygen atoms in total. The number of carbonyl (C=O) groups excluding carboxylic acids is 2. The first-order valence-corrected chi connectivity index (χ1v) is 11.1. The SMILES string of the molecule is C[C@H]1CN(c2ccc(C(F)(F)F)cc2)C(=O)c2c(-c3ccnc(CC(=O)OC(C)(C)C)c3)cnn21.S. The summed E-state index contributed by atoms with van der Waals surface area (Å²) < 4.78 is 45.9. The Hall–Kier alpha value is -3.34. The third-order valence-corrected chi connectivity index (χ3v) is 5.49. The molecule has 36 heavy (non-hydrogen) atoms. The van der Waals surface area contributed by atoms with Gasteiger partial charge in [0.2, 0.25) is 0 Å². The van der Waals surface area contributed by atoms with Crippen molar-refractivity contribution in [1.82, 2.24) is 14.8 Å². The second kappa shape index (κ2) is 9.96. The molecule has 2 aromatic heterocycles. The largest absolute Gasteiger partial charge is 0.460 e. The number of nitrogens with zero attached hydrogens (tertiary/aromatic N) is 4. The summed E-state index contributed by atoms with van der Waals surface area (Å²) in [6, 6.07) is 7.73. The van der Waals surface area contributed by atoms with E-state index in [-0.39, 0.29) is 38.4 Å². The van der Waals surface area contributed by atoms with Crippen LogP contribution in [0.3, 0.4) is 0 Å². The standard InChI is InChI=1S/C25H25F3N4O3.H2S/c1-15-14-31(19-7-5-17(6-8-19)25(26,27)28)23(34)22-20(13-30-32(15)22)16-9-10-29-18(11-16)12-21(33)35-24(2,3)4;/h5-11,13,15H,12,14H2,1-4H3;1H2/t15-;/m0./s1. The molecule has 11 heteroatoms. The molecule has 0 aliphatic carbocycles. The zero-order valence-corrected chi connectivity index (χ0v) is 21.3. The molecular formula is C25H27F3N4O3S. The van der Waals surface area contributed by atoms with Gasteiger partial charge in [0.1, 0.15) is 11.3 Å². The van der Waals surface area contributed by atoms with Gasteiger partial charge in [0.05, 0.1) is 29.9 Å². The molecular weight excluding hydrogens is 493 g/mol. The van der Waals surface area contributed by atoms with E-state index in [4.69, 9.17) is 4.74 Å². The Bertz CT molecular complexity index is 1270. The van der Waals surface area contributed by atoms with E-state index in [1.54, 1.807) is 50.0 Å². The topological polar surface area (TPSA) is 77.3 Å². The number of pyridine rings is 1. The van der Waals surface area contributed by atoms with Crippen molar-refractivity contribution in [1.29, 1.82) is 0 Å². The van der Waals surface area contributed by atoms with Crippen molar-refractivity contribution >= 4 is 31.1 Å². The van der Waals surface area contributed by atoms with Gasteiger partial charge in [0.25, 0.3) is 5.91 Å². The fraction of sp³-hybridized carbons (Fsp3) is 0.360. The van der Waals surface area contributed by atoms with Crippen LogP contribution in [0.5, 0.6) is 0 Å². The van der Waals surface area contributed by atoms with Crippen LogP contribution < -0.4 is 4.90 Å². The number of hydrogen-bond donors (Lipinski definition) is 0. The third kappa shape index (κ3) is 5.72. The van der Waals surface area contributed by atoms with Crippen molar-refractivity contribution in [3.63, 3.8) is 0 Å². The first kappa shape index (κ1) is 27.3. The summed E-state index contributed by atoms with van der Waals surface area (Å²) in [6.45, 7) is 7.48. The molecule has 0 bridgehead atoms. The second-order valence-electron chi connectivity index (χ2n) is 9.46. The molecule has 0 unspecified atom stereocenters. The molecule has 1 aliphatic rings. The number of rotatable bonds is 4. The minimum Gasteiger partial charge on any atom is -0.460 e. The fourth-order valence-electron chi connectivity index (χ4n) is 3.99. The van der Waals surface area contributed by atoms with Crippen molar-refractivity contribution in [3.05, 3.63) is 65.7 Å². The van der Waals surface area contributed by atoms with Gasteiger partial charge in [-0.1, -0.05) is 0 Å². The number of hydrogen-bond acceptors (Lipinski definition) is 5. The van der Waals surface area contributed by atoms with Gasteiger partial charge in [-0.3, -0.25) is 19.3 Å². The molecule has 0 fully saturated rings. The maximum atomic E-state index is 13.5. The number of alkyl halides is 3. The predicted molar refractivity (Wildman–Crippen MR) is 133 cm³/mol. The summed E-state index contributed by atoms with van der Waals surface area (Å²) in [6.07, 6.45) is -1.37. The highest BCUT2D eigenvalue weighted by molar-refractivity contribution is 7.59. The number of carbonyl (C=O) groups is 2. The average Bonchev–Trinajstić information content (AvgIpc) is 3.21. The first-order chi connectivity index (χ1) is 16.3. The Morgan fingerprint density at radius 1 is 1.14 bits per heavy atom. The van der Waals surface area contributed by atoms with Gasteiger partial charge in [0.15, 0.2) is 0 Å². The van der Waals surface area contributed by atoms with Gasteiger partial charge in [-0.15, -0.1) is 0 Å². The first-order valence-electron chi connectivity index (χ1n) is 11.1. The van der Waals surface area contributed by atoms with E-state index in [9.17, 15) is 22.8 Å². The smallest absolute Gasteiger partial charge is 0.416 e. The number of anilines is 1. The monoisotopic (exact) mass is 520 g/mol. The quantitative estimate of drug-likeness (QED) is 0.443. The lowest BCUT2D eigenvalue weighted by molar-refractivity contribution is -0.154. The van der Waals surface area contributed by atoms with Crippen LogP contribution in [-0.2, 0) is 22.1 Å². The van der Waals surface area contributed by atoms with Crippen molar-refractivity contribution in [2.75, 3.05) is 11.4 Å². The Kier molecular flexibility index (Phi) is 7.54. The van der Waals surface area contributed by atoms with E-state index < -0.39 is 23.3 Å². The Morgan fingerprint density at radius 2 is 1.81 bits per heavy atom. The maximum Gasteiger partial charge on any atom is 0.416 e. The van der Waals surface area contributed by atoms with E-state index in [1.807, 2.05) is 6.92 Å². The highest BCUT2D eigenvalue weighted by Crippen LogP contribution is 2.35. The Morgan fingerprint density at radius 3 is 2.42 bits per heavy atom. The summed E-state index contributed by atoms with van der Waals surface area (Å²) in [4.78, 5) is 31.4. The molecule has 1 amide bonds. The third-order valence-electron chi connectivity index (χ3n) is 5.49. The van der Waals surface area contributed by atoms with Crippen LogP contribution in [0, 0.1) is 0 Å². The van der Waals surface area contributed by atoms with Gasteiger partial charge < -0.3 is 9.64 Å². The number of amides is 1. The molecule has 0 saturated carbocycles. The normalized spacial score (nSPS) is 15.8. The van der Waals surface area contributed by atoms with Gasteiger partial charge in [-0.05, 0) is 69.7 Å². The average molecular weight is 521 g/mol. The van der Waals surface area contributed by atoms with Gasteiger partial charge in [-0.2, -0.15) is 31.8 Å². The van der Waals surface area contributed by atoms with Gasteiger partial charge >= 0.3 is 12.1 Å². The molecule has 0 spiro atoms. The van der Waals surface area contributed by atoms with E-state index in [2.05, 4.69) is 10.1 Å². The minimum absolute atomic E-state index is 0. The minimum atomic E-state index is -4.46. The molecule has 0 radical (unpaired) electrons. The van der Waals surface area contributed by atoms with Crippen LogP contribution in [0.1, 0.15) is 55.5 Å². The summed E-state index contributed by atoms with van der Waals surface area (Å²) >= 11 is 0. The summed E-state index contributed by atoms with van der Waals surface area (Å²) in [5.41, 5.74) is 0.962. The Labute approximate surface area is 213 Å². The number of aromatic nitrogens is 3. The fourth-order valence-corrected chi connectivity index (χ4v) is 3.99. The molecule has 1 aliphatic heterocycles. The van der Waals surface area contributed by atoms with Gasteiger partial charge in [0, 0.05) is 24.0 Å². The van der Waals surface area contributed by atoms with Crippen LogP contribution in [-0.4, -0.2) is 38.8 Å². The molecule has 3 heterocycles. The van der Waals surface area contributed by atoms with Crippen LogP contribution in [0.25, 0.3) is 11.1 Å². The van der Waals surface area contributed by atoms with Crippen molar-refractivity contribution in [2.24, 2.45) is 0 Å². The van der Waals surface area contributed by atoms with Crippen LogP contribution in [0.15, 0.2) is 48.8 Å². The van der Waals surface area contributed by atoms with Crippen LogP contribution in [0.4, 0.5) is 18.9 Å². The number of halogens is 3. The predicted octanol–water partition coefficient (Wildman–Crippen LogP) is 5.18. The molecule has 0 saturated heterocycles. The van der Waals surface area contributed by atoms with Gasteiger partial charge in [-0.25, -0.2) is 0 Å². The number of ether oxygens (including phenoxy) is 1. The zero-order chi connectivity index (χ0) is 25.5. The molecule has 3 aromatic rings.